The van der Waals surface area contributed by atoms with Gasteiger partial charge in [-0.1, -0.05) is 41.9 Å². The quantitative estimate of drug-likeness (QED) is 0.840. The third kappa shape index (κ3) is 3.29. The van der Waals surface area contributed by atoms with Crippen LogP contribution in [0.15, 0.2) is 53.4 Å². The molecule has 0 aliphatic carbocycles. The number of benzene rings is 2. The fourth-order valence-electron chi connectivity index (χ4n) is 1.82. The van der Waals surface area contributed by atoms with E-state index in [1.54, 1.807) is 11.8 Å². The fourth-order valence-corrected chi connectivity index (χ4v) is 2.44. The van der Waals surface area contributed by atoms with Crippen LogP contribution in [0.3, 0.4) is 0 Å². The third-order valence-corrected chi connectivity index (χ3v) is 3.98. The first-order valence-electron chi connectivity index (χ1n) is 5.76. The molecule has 94 valence electrons. The highest BCUT2D eigenvalue weighted by Gasteiger charge is 2.10. The summed E-state index contributed by atoms with van der Waals surface area (Å²) in [5, 5.41) is 10.9. The fraction of sp³-hybridized carbons (Fsp3) is 0.200. The summed E-state index contributed by atoms with van der Waals surface area (Å²) in [5.41, 5.74) is 1.90. The Kier molecular flexibility index (Phi) is 4.70. The van der Waals surface area contributed by atoms with Gasteiger partial charge in [0, 0.05) is 16.3 Å². The summed E-state index contributed by atoms with van der Waals surface area (Å²) in [6.45, 7) is 0. The summed E-state index contributed by atoms with van der Waals surface area (Å²) >= 11 is 7.78. The van der Waals surface area contributed by atoms with Crippen LogP contribution in [0.1, 0.15) is 17.2 Å². The molecule has 0 heterocycles. The summed E-state index contributed by atoms with van der Waals surface area (Å²) < 4.78 is 0. The largest absolute Gasteiger partial charge is 0.388 e. The van der Waals surface area contributed by atoms with Crippen molar-refractivity contribution in [2.45, 2.75) is 17.4 Å². The molecule has 0 aliphatic heterocycles. The molecule has 0 saturated carbocycles. The SMILES string of the molecule is CSc1ccc(C(O)Cc2ccccc2Cl)cc1. The second-order valence-electron chi connectivity index (χ2n) is 4.08. The van der Waals surface area contributed by atoms with Crippen molar-refractivity contribution in [3.05, 3.63) is 64.7 Å². The van der Waals surface area contributed by atoms with Gasteiger partial charge >= 0.3 is 0 Å². The van der Waals surface area contributed by atoms with Gasteiger partial charge in [-0.2, -0.15) is 0 Å². The van der Waals surface area contributed by atoms with Crippen molar-refractivity contribution >= 4 is 23.4 Å². The first-order valence-corrected chi connectivity index (χ1v) is 7.36. The van der Waals surface area contributed by atoms with Gasteiger partial charge in [0.1, 0.15) is 0 Å². The van der Waals surface area contributed by atoms with E-state index in [1.807, 2.05) is 54.8 Å². The van der Waals surface area contributed by atoms with Crippen molar-refractivity contribution in [3.8, 4) is 0 Å². The Morgan fingerprint density at radius 1 is 1.11 bits per heavy atom. The zero-order valence-corrected chi connectivity index (χ0v) is 11.7. The molecular weight excluding hydrogens is 264 g/mol. The van der Waals surface area contributed by atoms with Gasteiger partial charge in [-0.15, -0.1) is 11.8 Å². The van der Waals surface area contributed by atoms with Crippen LogP contribution in [0.5, 0.6) is 0 Å². The molecule has 1 nitrogen and oxygen atoms in total. The lowest BCUT2D eigenvalue weighted by molar-refractivity contribution is 0.178. The Balaban J connectivity index is 2.11. The van der Waals surface area contributed by atoms with E-state index < -0.39 is 6.10 Å². The number of halogens is 1. The van der Waals surface area contributed by atoms with Crippen LogP contribution in [-0.4, -0.2) is 11.4 Å². The second-order valence-corrected chi connectivity index (χ2v) is 5.37. The predicted octanol–water partition coefficient (Wildman–Crippen LogP) is 4.34. The van der Waals surface area contributed by atoms with E-state index in [-0.39, 0.29) is 0 Å². The van der Waals surface area contributed by atoms with Gasteiger partial charge in [0.2, 0.25) is 0 Å². The summed E-state index contributed by atoms with van der Waals surface area (Å²) in [7, 11) is 0. The highest BCUT2D eigenvalue weighted by Crippen LogP contribution is 2.24. The summed E-state index contributed by atoms with van der Waals surface area (Å²) in [4.78, 5) is 1.20. The Hall–Kier alpha value is -0.960. The Labute approximate surface area is 117 Å². The Bertz CT molecular complexity index is 510. The molecule has 0 spiro atoms. The lowest BCUT2D eigenvalue weighted by Crippen LogP contribution is -2.02. The van der Waals surface area contributed by atoms with Crippen molar-refractivity contribution in [2.24, 2.45) is 0 Å². The number of aliphatic hydroxyl groups excluding tert-OH is 1. The lowest BCUT2D eigenvalue weighted by atomic mass is 10.0. The molecule has 1 unspecified atom stereocenters. The van der Waals surface area contributed by atoms with E-state index in [0.717, 1.165) is 11.1 Å². The van der Waals surface area contributed by atoms with E-state index in [2.05, 4.69) is 0 Å². The van der Waals surface area contributed by atoms with Crippen LogP contribution in [0.2, 0.25) is 5.02 Å². The number of thioether (sulfide) groups is 1. The molecule has 2 rings (SSSR count). The maximum atomic E-state index is 10.2. The number of hydrogen-bond donors (Lipinski definition) is 1. The molecule has 0 saturated heterocycles. The number of aliphatic hydroxyl groups is 1. The van der Waals surface area contributed by atoms with Crippen molar-refractivity contribution in [2.75, 3.05) is 6.26 Å². The third-order valence-electron chi connectivity index (χ3n) is 2.87. The maximum absolute atomic E-state index is 10.2. The molecule has 0 bridgehead atoms. The Morgan fingerprint density at radius 2 is 1.78 bits per heavy atom. The maximum Gasteiger partial charge on any atom is 0.0830 e. The molecule has 1 atom stereocenters. The van der Waals surface area contributed by atoms with E-state index in [1.165, 1.54) is 4.90 Å². The van der Waals surface area contributed by atoms with Crippen molar-refractivity contribution in [1.29, 1.82) is 0 Å². The standard InChI is InChI=1S/C15H15ClOS/c1-18-13-8-6-11(7-9-13)15(17)10-12-4-2-3-5-14(12)16/h2-9,15,17H,10H2,1H3. The molecule has 18 heavy (non-hydrogen) atoms. The molecular formula is C15H15ClOS. The van der Waals surface area contributed by atoms with E-state index in [4.69, 9.17) is 11.6 Å². The Morgan fingerprint density at radius 3 is 2.39 bits per heavy atom. The molecule has 0 fully saturated rings. The number of rotatable bonds is 4. The van der Waals surface area contributed by atoms with Crippen LogP contribution >= 0.6 is 23.4 Å². The minimum Gasteiger partial charge on any atom is -0.388 e. The van der Waals surface area contributed by atoms with Crippen LogP contribution in [0.4, 0.5) is 0 Å². The van der Waals surface area contributed by atoms with Gasteiger partial charge in [-0.25, -0.2) is 0 Å². The molecule has 0 radical (unpaired) electrons. The average molecular weight is 279 g/mol. The van der Waals surface area contributed by atoms with Crippen LogP contribution in [0.25, 0.3) is 0 Å². The van der Waals surface area contributed by atoms with Crippen molar-refractivity contribution < 1.29 is 5.11 Å². The second kappa shape index (κ2) is 6.28. The van der Waals surface area contributed by atoms with Gasteiger partial charge < -0.3 is 5.11 Å². The average Bonchev–Trinajstić information content (AvgIpc) is 2.41. The van der Waals surface area contributed by atoms with Gasteiger partial charge in [0.15, 0.2) is 0 Å². The molecule has 0 aromatic heterocycles. The van der Waals surface area contributed by atoms with Gasteiger partial charge in [-0.3, -0.25) is 0 Å². The minimum absolute atomic E-state index is 0.513. The molecule has 1 N–H and O–H groups in total. The van der Waals surface area contributed by atoms with E-state index in [0.29, 0.717) is 11.4 Å². The summed E-state index contributed by atoms with van der Waals surface area (Å²) in [5.74, 6) is 0. The minimum atomic E-state index is -0.513. The molecule has 2 aromatic carbocycles. The molecule has 3 heteroatoms. The van der Waals surface area contributed by atoms with Gasteiger partial charge in [-0.05, 0) is 35.6 Å². The highest BCUT2D eigenvalue weighted by molar-refractivity contribution is 7.98. The van der Waals surface area contributed by atoms with Crippen molar-refractivity contribution in [1.82, 2.24) is 0 Å². The van der Waals surface area contributed by atoms with Gasteiger partial charge in [0.25, 0.3) is 0 Å². The predicted molar refractivity (Wildman–Crippen MR) is 78.3 cm³/mol. The molecule has 2 aromatic rings. The highest BCUT2D eigenvalue weighted by atomic mass is 35.5. The van der Waals surface area contributed by atoms with E-state index >= 15 is 0 Å². The first-order chi connectivity index (χ1) is 8.70. The van der Waals surface area contributed by atoms with Crippen molar-refractivity contribution in [3.63, 3.8) is 0 Å². The first kappa shape index (κ1) is 13.5. The normalized spacial score (nSPS) is 12.4. The zero-order valence-electron chi connectivity index (χ0n) is 10.1. The van der Waals surface area contributed by atoms with Crippen LogP contribution < -0.4 is 0 Å². The summed E-state index contributed by atoms with van der Waals surface area (Å²) in [6.07, 6.45) is 2.06. The smallest absolute Gasteiger partial charge is 0.0830 e. The van der Waals surface area contributed by atoms with Crippen LogP contribution in [0, 0.1) is 0 Å². The zero-order chi connectivity index (χ0) is 13.0. The monoisotopic (exact) mass is 278 g/mol. The number of hydrogen-bond acceptors (Lipinski definition) is 2. The molecule has 0 aliphatic rings. The molecule has 0 amide bonds. The lowest BCUT2D eigenvalue weighted by Gasteiger charge is -2.12. The van der Waals surface area contributed by atoms with Gasteiger partial charge in [0.05, 0.1) is 6.10 Å². The topological polar surface area (TPSA) is 20.2 Å². The summed E-state index contributed by atoms with van der Waals surface area (Å²) in [6, 6.07) is 15.6. The van der Waals surface area contributed by atoms with Crippen LogP contribution in [-0.2, 0) is 6.42 Å². The van der Waals surface area contributed by atoms with E-state index in [9.17, 15) is 5.11 Å².